The SMILES string of the molecule is CC(C)n1cc(N)cc1C(=O)N(CCO)C1CCCCC1. The number of hydrogen-bond donors (Lipinski definition) is 2. The Morgan fingerprint density at radius 3 is 2.67 bits per heavy atom. The van der Waals surface area contributed by atoms with Gasteiger partial charge < -0.3 is 20.3 Å². The van der Waals surface area contributed by atoms with Crippen LogP contribution in [0, 0.1) is 0 Å². The first kappa shape index (κ1) is 15.9. The van der Waals surface area contributed by atoms with Gasteiger partial charge in [-0.2, -0.15) is 0 Å². The molecule has 1 aromatic heterocycles. The fraction of sp³-hybridized carbons (Fsp3) is 0.688. The van der Waals surface area contributed by atoms with Crippen LogP contribution < -0.4 is 5.73 Å². The third-order valence-corrected chi connectivity index (χ3v) is 4.26. The van der Waals surface area contributed by atoms with Crippen molar-refractivity contribution in [3.63, 3.8) is 0 Å². The van der Waals surface area contributed by atoms with Crippen molar-refractivity contribution in [2.45, 2.75) is 58.0 Å². The number of carbonyl (C=O) groups excluding carboxylic acids is 1. The van der Waals surface area contributed by atoms with Crippen molar-refractivity contribution < 1.29 is 9.90 Å². The predicted molar refractivity (Wildman–Crippen MR) is 84.2 cm³/mol. The molecule has 1 fully saturated rings. The molecule has 1 amide bonds. The first-order chi connectivity index (χ1) is 10.0. The summed E-state index contributed by atoms with van der Waals surface area (Å²) in [6.07, 6.45) is 7.44. The third kappa shape index (κ3) is 3.59. The average Bonchev–Trinajstić information content (AvgIpc) is 2.87. The maximum Gasteiger partial charge on any atom is 0.270 e. The number of amides is 1. The summed E-state index contributed by atoms with van der Waals surface area (Å²) in [5.41, 5.74) is 7.10. The first-order valence-corrected chi connectivity index (χ1v) is 7.93. The van der Waals surface area contributed by atoms with E-state index >= 15 is 0 Å². The highest BCUT2D eigenvalue weighted by atomic mass is 16.3. The molecule has 1 saturated carbocycles. The molecule has 0 radical (unpaired) electrons. The predicted octanol–water partition coefficient (Wildman–Crippen LogP) is 2.42. The minimum Gasteiger partial charge on any atom is -0.397 e. The summed E-state index contributed by atoms with van der Waals surface area (Å²) in [6.45, 7) is 4.47. The molecule has 5 heteroatoms. The summed E-state index contributed by atoms with van der Waals surface area (Å²) < 4.78 is 1.92. The lowest BCUT2D eigenvalue weighted by Gasteiger charge is -2.34. The van der Waals surface area contributed by atoms with Crippen LogP contribution >= 0.6 is 0 Å². The highest BCUT2D eigenvalue weighted by Gasteiger charge is 2.28. The lowest BCUT2D eigenvalue weighted by molar-refractivity contribution is 0.0573. The van der Waals surface area contributed by atoms with E-state index in [2.05, 4.69) is 0 Å². The lowest BCUT2D eigenvalue weighted by atomic mass is 9.94. The summed E-state index contributed by atoms with van der Waals surface area (Å²) in [5, 5.41) is 9.32. The van der Waals surface area contributed by atoms with E-state index < -0.39 is 0 Å². The van der Waals surface area contributed by atoms with Crippen molar-refractivity contribution in [3.8, 4) is 0 Å². The van der Waals surface area contributed by atoms with Crippen LogP contribution in [0.3, 0.4) is 0 Å². The van der Waals surface area contributed by atoms with E-state index in [-0.39, 0.29) is 24.6 Å². The molecule has 1 aliphatic carbocycles. The second-order valence-corrected chi connectivity index (χ2v) is 6.17. The monoisotopic (exact) mass is 293 g/mol. The summed E-state index contributed by atoms with van der Waals surface area (Å²) in [5.74, 6) is -0.0126. The second-order valence-electron chi connectivity index (χ2n) is 6.17. The van der Waals surface area contributed by atoms with Crippen LogP contribution in [0.15, 0.2) is 12.3 Å². The fourth-order valence-electron chi connectivity index (χ4n) is 3.20. The Kier molecular flexibility index (Phi) is 5.28. The molecular weight excluding hydrogens is 266 g/mol. The van der Waals surface area contributed by atoms with Gasteiger partial charge in [-0.25, -0.2) is 0 Å². The standard InChI is InChI=1S/C16H27N3O2/c1-12(2)19-11-13(17)10-15(19)16(21)18(8-9-20)14-6-4-3-5-7-14/h10-12,14,20H,3-9,17H2,1-2H3. The van der Waals surface area contributed by atoms with Crippen molar-refractivity contribution in [1.29, 1.82) is 0 Å². The zero-order chi connectivity index (χ0) is 15.4. The molecule has 3 N–H and O–H groups in total. The number of nitrogen functional groups attached to an aromatic ring is 1. The number of aliphatic hydroxyl groups excluding tert-OH is 1. The van der Waals surface area contributed by atoms with Gasteiger partial charge in [-0.1, -0.05) is 19.3 Å². The zero-order valence-corrected chi connectivity index (χ0v) is 13.1. The number of aromatic nitrogens is 1. The van der Waals surface area contributed by atoms with Gasteiger partial charge in [0.1, 0.15) is 5.69 Å². The number of rotatable bonds is 5. The molecule has 5 nitrogen and oxygen atoms in total. The Hall–Kier alpha value is -1.49. The minimum absolute atomic E-state index is 0.000108. The number of nitrogens with two attached hydrogens (primary N) is 1. The number of aliphatic hydroxyl groups is 1. The molecule has 1 aromatic rings. The summed E-state index contributed by atoms with van der Waals surface area (Å²) in [4.78, 5) is 14.8. The van der Waals surface area contributed by atoms with Gasteiger partial charge in [-0.15, -0.1) is 0 Å². The van der Waals surface area contributed by atoms with Gasteiger partial charge in [0.25, 0.3) is 5.91 Å². The van der Waals surface area contributed by atoms with E-state index in [0.717, 1.165) is 25.7 Å². The van der Waals surface area contributed by atoms with E-state index in [1.54, 1.807) is 6.07 Å². The normalized spacial score (nSPS) is 16.4. The van der Waals surface area contributed by atoms with Crippen LogP contribution in [0.1, 0.15) is 62.5 Å². The zero-order valence-electron chi connectivity index (χ0n) is 13.1. The van der Waals surface area contributed by atoms with Gasteiger partial charge in [0.2, 0.25) is 0 Å². The third-order valence-electron chi connectivity index (χ3n) is 4.26. The molecule has 0 atom stereocenters. The van der Waals surface area contributed by atoms with Crippen LogP contribution in [-0.4, -0.2) is 39.7 Å². The summed E-state index contributed by atoms with van der Waals surface area (Å²) in [7, 11) is 0. The molecule has 21 heavy (non-hydrogen) atoms. The van der Waals surface area contributed by atoms with Gasteiger partial charge in [-0.05, 0) is 32.8 Å². The van der Waals surface area contributed by atoms with Crippen molar-refractivity contribution in [2.75, 3.05) is 18.9 Å². The van der Waals surface area contributed by atoms with Crippen molar-refractivity contribution in [1.82, 2.24) is 9.47 Å². The average molecular weight is 293 g/mol. The quantitative estimate of drug-likeness (QED) is 0.875. The molecule has 118 valence electrons. The van der Waals surface area contributed by atoms with Gasteiger partial charge in [0, 0.05) is 24.8 Å². The minimum atomic E-state index is -0.0126. The van der Waals surface area contributed by atoms with E-state index in [1.807, 2.05) is 29.5 Å². The summed E-state index contributed by atoms with van der Waals surface area (Å²) in [6, 6.07) is 2.17. The van der Waals surface area contributed by atoms with Gasteiger partial charge in [0.15, 0.2) is 0 Å². The smallest absolute Gasteiger partial charge is 0.270 e. The van der Waals surface area contributed by atoms with E-state index in [4.69, 9.17) is 5.73 Å². The molecule has 0 aliphatic heterocycles. The van der Waals surface area contributed by atoms with Crippen molar-refractivity contribution in [3.05, 3.63) is 18.0 Å². The highest BCUT2D eigenvalue weighted by molar-refractivity contribution is 5.94. The maximum absolute atomic E-state index is 12.9. The van der Waals surface area contributed by atoms with E-state index in [9.17, 15) is 9.90 Å². The Balaban J connectivity index is 2.25. The fourth-order valence-corrected chi connectivity index (χ4v) is 3.20. The first-order valence-electron chi connectivity index (χ1n) is 7.93. The van der Waals surface area contributed by atoms with Gasteiger partial charge >= 0.3 is 0 Å². The Morgan fingerprint density at radius 2 is 2.10 bits per heavy atom. The molecule has 1 heterocycles. The van der Waals surface area contributed by atoms with Crippen molar-refractivity contribution >= 4 is 11.6 Å². The lowest BCUT2D eigenvalue weighted by Crippen LogP contribution is -2.43. The van der Waals surface area contributed by atoms with Crippen LogP contribution in [0.25, 0.3) is 0 Å². The molecule has 1 aliphatic rings. The van der Waals surface area contributed by atoms with Crippen LogP contribution in [0.2, 0.25) is 0 Å². The maximum atomic E-state index is 12.9. The highest BCUT2D eigenvalue weighted by Crippen LogP contribution is 2.25. The Morgan fingerprint density at radius 1 is 1.43 bits per heavy atom. The number of nitrogens with zero attached hydrogens (tertiary/aromatic N) is 2. The number of carbonyl (C=O) groups is 1. The van der Waals surface area contributed by atoms with Gasteiger partial charge in [0.05, 0.1) is 12.3 Å². The molecule has 0 aromatic carbocycles. The number of anilines is 1. The van der Waals surface area contributed by atoms with E-state index in [0.29, 0.717) is 17.9 Å². The van der Waals surface area contributed by atoms with Gasteiger partial charge in [-0.3, -0.25) is 4.79 Å². The molecular formula is C16H27N3O2. The molecule has 0 bridgehead atoms. The Bertz CT molecular complexity index is 476. The van der Waals surface area contributed by atoms with E-state index in [1.165, 1.54) is 6.42 Å². The second kappa shape index (κ2) is 6.98. The van der Waals surface area contributed by atoms with Crippen molar-refractivity contribution in [2.24, 2.45) is 0 Å². The largest absolute Gasteiger partial charge is 0.397 e. The number of hydrogen-bond acceptors (Lipinski definition) is 3. The molecule has 2 rings (SSSR count). The van der Waals surface area contributed by atoms with Crippen LogP contribution in [0.5, 0.6) is 0 Å². The molecule has 0 spiro atoms. The molecule has 0 saturated heterocycles. The van der Waals surface area contributed by atoms with Crippen LogP contribution in [0.4, 0.5) is 5.69 Å². The topological polar surface area (TPSA) is 71.5 Å². The molecule has 0 unspecified atom stereocenters. The van der Waals surface area contributed by atoms with Crippen LogP contribution in [-0.2, 0) is 0 Å². The summed E-state index contributed by atoms with van der Waals surface area (Å²) >= 11 is 0. The Labute approximate surface area is 126 Å².